The standard InChI is InChI=1S/C24H19NO3S/c1-27-23(26)20-14-12-17(13-15-20)16-29-24-25-21(18-8-4-2-5-9-18)22(28-24)19-10-6-3-7-11-19/h2-15H,16H2,1H3. The van der Waals surface area contributed by atoms with Gasteiger partial charge in [0.05, 0.1) is 12.7 Å². The molecule has 3 aromatic carbocycles. The van der Waals surface area contributed by atoms with E-state index in [1.54, 1.807) is 12.1 Å². The van der Waals surface area contributed by atoms with Gasteiger partial charge in [-0.05, 0) is 17.7 Å². The van der Waals surface area contributed by atoms with E-state index < -0.39 is 0 Å². The van der Waals surface area contributed by atoms with Gasteiger partial charge in [0.1, 0.15) is 5.69 Å². The first-order chi connectivity index (χ1) is 14.2. The van der Waals surface area contributed by atoms with Gasteiger partial charge in [-0.15, -0.1) is 0 Å². The summed E-state index contributed by atoms with van der Waals surface area (Å²) in [4.78, 5) is 16.3. The molecule has 0 N–H and O–H groups in total. The Labute approximate surface area is 173 Å². The number of rotatable bonds is 6. The second kappa shape index (κ2) is 8.80. The van der Waals surface area contributed by atoms with Gasteiger partial charge in [0, 0.05) is 16.9 Å². The van der Waals surface area contributed by atoms with Crippen LogP contribution in [-0.2, 0) is 10.5 Å². The third kappa shape index (κ3) is 4.41. The summed E-state index contributed by atoms with van der Waals surface area (Å²) in [5.74, 6) is 1.11. The zero-order valence-electron chi connectivity index (χ0n) is 15.9. The van der Waals surface area contributed by atoms with Crippen molar-refractivity contribution in [2.45, 2.75) is 11.0 Å². The van der Waals surface area contributed by atoms with Gasteiger partial charge in [-0.3, -0.25) is 0 Å². The van der Waals surface area contributed by atoms with Crippen molar-refractivity contribution in [3.63, 3.8) is 0 Å². The molecule has 5 heteroatoms. The topological polar surface area (TPSA) is 52.3 Å². The summed E-state index contributed by atoms with van der Waals surface area (Å²) in [7, 11) is 1.38. The lowest BCUT2D eigenvalue weighted by Crippen LogP contribution is -2.00. The van der Waals surface area contributed by atoms with Crippen LogP contribution in [0.1, 0.15) is 15.9 Å². The molecular formula is C24H19NO3S. The molecular weight excluding hydrogens is 382 g/mol. The van der Waals surface area contributed by atoms with Crippen molar-refractivity contribution < 1.29 is 13.9 Å². The molecule has 0 radical (unpaired) electrons. The average Bonchev–Trinajstić information content (AvgIpc) is 3.23. The Hall–Kier alpha value is -3.31. The van der Waals surface area contributed by atoms with Crippen molar-refractivity contribution in [1.29, 1.82) is 0 Å². The summed E-state index contributed by atoms with van der Waals surface area (Å²) in [5.41, 5.74) is 4.45. The van der Waals surface area contributed by atoms with Crippen LogP contribution < -0.4 is 0 Å². The number of hydrogen-bond donors (Lipinski definition) is 0. The number of hydrogen-bond acceptors (Lipinski definition) is 5. The smallest absolute Gasteiger partial charge is 0.337 e. The zero-order chi connectivity index (χ0) is 20.1. The number of carbonyl (C=O) groups is 1. The number of methoxy groups -OCH3 is 1. The van der Waals surface area contributed by atoms with E-state index in [1.807, 2.05) is 72.8 Å². The summed E-state index contributed by atoms with van der Waals surface area (Å²) in [6.45, 7) is 0. The van der Waals surface area contributed by atoms with Gasteiger partial charge < -0.3 is 9.15 Å². The van der Waals surface area contributed by atoms with E-state index in [1.165, 1.54) is 18.9 Å². The van der Waals surface area contributed by atoms with Gasteiger partial charge in [0.25, 0.3) is 5.22 Å². The van der Waals surface area contributed by atoms with Crippen LogP contribution in [0.15, 0.2) is 94.6 Å². The van der Waals surface area contributed by atoms with Crippen LogP contribution >= 0.6 is 11.8 Å². The first-order valence-electron chi connectivity index (χ1n) is 9.16. The maximum absolute atomic E-state index is 11.6. The fourth-order valence-electron chi connectivity index (χ4n) is 2.94. The second-order valence-corrected chi connectivity index (χ2v) is 7.29. The molecule has 0 saturated heterocycles. The predicted molar refractivity (Wildman–Crippen MR) is 115 cm³/mol. The highest BCUT2D eigenvalue weighted by Crippen LogP contribution is 2.36. The molecule has 0 atom stereocenters. The molecule has 0 aliphatic rings. The van der Waals surface area contributed by atoms with Crippen molar-refractivity contribution in [1.82, 2.24) is 4.98 Å². The second-order valence-electron chi connectivity index (χ2n) is 6.37. The number of esters is 1. The Balaban J connectivity index is 1.58. The molecule has 0 saturated carbocycles. The summed E-state index contributed by atoms with van der Waals surface area (Å²) in [6, 6.07) is 27.4. The van der Waals surface area contributed by atoms with Gasteiger partial charge in [-0.2, -0.15) is 0 Å². The number of nitrogens with zero attached hydrogens (tertiary/aromatic N) is 1. The van der Waals surface area contributed by atoms with Crippen LogP contribution in [0.2, 0.25) is 0 Å². The van der Waals surface area contributed by atoms with E-state index in [2.05, 4.69) is 0 Å². The Kier molecular flexibility index (Phi) is 5.77. The van der Waals surface area contributed by atoms with Crippen LogP contribution in [-0.4, -0.2) is 18.1 Å². The summed E-state index contributed by atoms with van der Waals surface area (Å²) < 4.78 is 10.9. The van der Waals surface area contributed by atoms with E-state index >= 15 is 0 Å². The molecule has 1 aromatic heterocycles. The van der Waals surface area contributed by atoms with Gasteiger partial charge in [-0.1, -0.05) is 84.6 Å². The van der Waals surface area contributed by atoms with Crippen molar-refractivity contribution in [2.75, 3.05) is 7.11 Å². The molecule has 0 amide bonds. The Morgan fingerprint density at radius 3 is 2.14 bits per heavy atom. The summed E-state index contributed by atoms with van der Waals surface area (Å²) in [5, 5.41) is 0.611. The van der Waals surface area contributed by atoms with E-state index in [9.17, 15) is 4.79 Å². The van der Waals surface area contributed by atoms with Crippen LogP contribution in [0.4, 0.5) is 0 Å². The molecule has 0 spiro atoms. The fraction of sp³-hybridized carbons (Fsp3) is 0.0833. The lowest BCUT2D eigenvalue weighted by Gasteiger charge is -2.01. The van der Waals surface area contributed by atoms with Gasteiger partial charge >= 0.3 is 5.97 Å². The molecule has 0 bridgehead atoms. The van der Waals surface area contributed by atoms with E-state index in [0.29, 0.717) is 16.5 Å². The molecule has 29 heavy (non-hydrogen) atoms. The third-order valence-corrected chi connectivity index (χ3v) is 5.33. The Morgan fingerprint density at radius 2 is 1.52 bits per heavy atom. The minimum Gasteiger partial charge on any atom is -0.465 e. The minimum absolute atomic E-state index is 0.336. The van der Waals surface area contributed by atoms with Crippen LogP contribution in [0.25, 0.3) is 22.6 Å². The molecule has 0 unspecified atom stereocenters. The van der Waals surface area contributed by atoms with Crippen molar-refractivity contribution in [3.05, 3.63) is 96.1 Å². The third-order valence-electron chi connectivity index (χ3n) is 4.43. The predicted octanol–water partition coefficient (Wildman–Crippen LogP) is 6.09. The van der Waals surface area contributed by atoms with Gasteiger partial charge in [0.15, 0.2) is 5.76 Å². The van der Waals surface area contributed by atoms with Crippen molar-refractivity contribution in [3.8, 4) is 22.6 Å². The largest absolute Gasteiger partial charge is 0.465 e. The van der Waals surface area contributed by atoms with Gasteiger partial charge in [-0.25, -0.2) is 9.78 Å². The lowest BCUT2D eigenvalue weighted by atomic mass is 10.1. The molecule has 4 rings (SSSR count). The zero-order valence-corrected chi connectivity index (χ0v) is 16.7. The number of carbonyl (C=O) groups excluding carboxylic acids is 1. The molecule has 1 heterocycles. The van der Waals surface area contributed by atoms with E-state index in [-0.39, 0.29) is 5.97 Å². The fourth-order valence-corrected chi connectivity index (χ4v) is 3.72. The van der Waals surface area contributed by atoms with Gasteiger partial charge in [0.2, 0.25) is 0 Å². The molecule has 144 valence electrons. The van der Waals surface area contributed by atoms with E-state index in [4.69, 9.17) is 14.1 Å². The molecule has 0 aliphatic heterocycles. The maximum atomic E-state index is 11.6. The summed E-state index contributed by atoms with van der Waals surface area (Å²) in [6.07, 6.45) is 0. The highest BCUT2D eigenvalue weighted by Gasteiger charge is 2.17. The number of thioether (sulfide) groups is 1. The van der Waals surface area contributed by atoms with Crippen molar-refractivity contribution in [2.24, 2.45) is 0 Å². The number of oxazole rings is 1. The SMILES string of the molecule is COC(=O)c1ccc(CSc2nc(-c3ccccc3)c(-c3ccccc3)o2)cc1. The number of ether oxygens (including phenoxy) is 1. The van der Waals surface area contributed by atoms with E-state index in [0.717, 1.165) is 28.1 Å². The first-order valence-corrected chi connectivity index (χ1v) is 10.1. The maximum Gasteiger partial charge on any atom is 0.337 e. The quantitative estimate of drug-likeness (QED) is 0.289. The molecule has 0 aliphatic carbocycles. The highest BCUT2D eigenvalue weighted by atomic mass is 32.2. The van der Waals surface area contributed by atoms with Crippen LogP contribution in [0.5, 0.6) is 0 Å². The molecule has 4 aromatic rings. The van der Waals surface area contributed by atoms with Crippen LogP contribution in [0, 0.1) is 0 Å². The summed E-state index contributed by atoms with van der Waals surface area (Å²) >= 11 is 1.52. The molecule has 4 nitrogen and oxygen atoms in total. The normalized spacial score (nSPS) is 10.7. The Morgan fingerprint density at radius 1 is 0.897 bits per heavy atom. The highest BCUT2D eigenvalue weighted by molar-refractivity contribution is 7.98. The minimum atomic E-state index is -0.336. The average molecular weight is 401 g/mol. The Bertz CT molecular complexity index is 1030. The monoisotopic (exact) mass is 401 g/mol. The van der Waals surface area contributed by atoms with Crippen LogP contribution in [0.3, 0.4) is 0 Å². The molecule has 0 fully saturated rings. The number of aromatic nitrogens is 1. The first kappa shape index (κ1) is 19.0. The lowest BCUT2D eigenvalue weighted by molar-refractivity contribution is 0.0600. The van der Waals surface area contributed by atoms with Crippen molar-refractivity contribution >= 4 is 17.7 Å². The number of benzene rings is 3.